The second-order valence-electron chi connectivity index (χ2n) is 7.44. The quantitative estimate of drug-likeness (QED) is 0.451. The van der Waals surface area contributed by atoms with Crippen molar-refractivity contribution < 1.29 is 19.1 Å². The van der Waals surface area contributed by atoms with Gasteiger partial charge in [-0.3, -0.25) is 4.79 Å². The van der Waals surface area contributed by atoms with Crippen molar-refractivity contribution in [3.63, 3.8) is 0 Å². The molecule has 1 aliphatic rings. The van der Waals surface area contributed by atoms with E-state index in [1.54, 1.807) is 13.2 Å². The smallest absolute Gasteiger partial charge is 0.339 e. The van der Waals surface area contributed by atoms with E-state index >= 15 is 0 Å². The van der Waals surface area contributed by atoms with Crippen LogP contribution in [-0.4, -0.2) is 37.1 Å². The molecule has 4 rings (SSSR count). The predicted octanol–water partition coefficient (Wildman–Crippen LogP) is 4.19. The molecular formula is C26H24N2O4. The van der Waals surface area contributed by atoms with E-state index < -0.39 is 5.97 Å². The van der Waals surface area contributed by atoms with Crippen LogP contribution >= 0.6 is 0 Å². The van der Waals surface area contributed by atoms with Crippen LogP contribution in [0.1, 0.15) is 33.6 Å². The molecule has 0 unspecified atom stereocenters. The number of amides is 1. The Kier molecular flexibility index (Phi) is 6.31. The first-order valence-corrected chi connectivity index (χ1v) is 10.4. The molecule has 2 aromatic carbocycles. The number of esters is 1. The highest BCUT2D eigenvalue weighted by atomic mass is 16.5. The van der Waals surface area contributed by atoms with Gasteiger partial charge in [0.05, 0.1) is 23.9 Å². The second kappa shape index (κ2) is 9.47. The Morgan fingerprint density at radius 3 is 2.66 bits per heavy atom. The summed E-state index contributed by atoms with van der Waals surface area (Å²) in [5.41, 5.74) is 4.97. The van der Waals surface area contributed by atoms with Gasteiger partial charge in [-0.05, 0) is 53.8 Å². The lowest BCUT2D eigenvalue weighted by Crippen LogP contribution is -2.29. The fourth-order valence-corrected chi connectivity index (χ4v) is 3.85. The second-order valence-corrected chi connectivity index (χ2v) is 7.44. The van der Waals surface area contributed by atoms with Crippen molar-refractivity contribution in [3.05, 3.63) is 83.6 Å². The standard InChI is InChI=1S/C26H24N2O4/c1-3-14-27-23(29)16-32-26(30)24-20-6-4-5-7-22(20)28-25-18(10-13-21(24)25)15-17-8-11-19(31-2)12-9-17/h3-9,11-12,15H,1,10,13-14,16H2,2H3,(H,27,29). The van der Waals surface area contributed by atoms with E-state index in [0.717, 1.165) is 45.5 Å². The summed E-state index contributed by atoms with van der Waals surface area (Å²) in [6, 6.07) is 15.3. The number of carbonyl (C=O) groups excluding carboxylic acids is 2. The summed E-state index contributed by atoms with van der Waals surface area (Å²) in [7, 11) is 1.64. The molecule has 0 atom stereocenters. The van der Waals surface area contributed by atoms with Crippen molar-refractivity contribution in [3.8, 4) is 5.75 Å². The molecule has 32 heavy (non-hydrogen) atoms. The Morgan fingerprint density at radius 2 is 1.91 bits per heavy atom. The van der Waals surface area contributed by atoms with Gasteiger partial charge in [-0.15, -0.1) is 6.58 Å². The number of nitrogens with one attached hydrogen (secondary N) is 1. The van der Waals surface area contributed by atoms with E-state index in [1.165, 1.54) is 0 Å². The van der Waals surface area contributed by atoms with Gasteiger partial charge < -0.3 is 14.8 Å². The molecule has 0 spiro atoms. The highest BCUT2D eigenvalue weighted by Crippen LogP contribution is 2.37. The fraction of sp³-hybridized carbons (Fsp3) is 0.192. The highest BCUT2D eigenvalue weighted by Gasteiger charge is 2.27. The van der Waals surface area contributed by atoms with Gasteiger partial charge in [0.25, 0.3) is 5.91 Å². The number of allylic oxidation sites excluding steroid dienone is 1. The van der Waals surface area contributed by atoms with E-state index in [4.69, 9.17) is 14.5 Å². The van der Waals surface area contributed by atoms with Crippen LogP contribution in [0.4, 0.5) is 0 Å². The van der Waals surface area contributed by atoms with Gasteiger partial charge in [0.1, 0.15) is 5.75 Å². The Morgan fingerprint density at radius 1 is 1.12 bits per heavy atom. The average molecular weight is 428 g/mol. The molecule has 1 N–H and O–H groups in total. The summed E-state index contributed by atoms with van der Waals surface area (Å²) in [6.07, 6.45) is 5.11. The first-order chi connectivity index (χ1) is 15.6. The molecule has 1 aliphatic carbocycles. The molecule has 6 heteroatoms. The summed E-state index contributed by atoms with van der Waals surface area (Å²) in [5.74, 6) is -0.0853. The minimum atomic E-state index is -0.515. The summed E-state index contributed by atoms with van der Waals surface area (Å²) >= 11 is 0. The molecule has 1 amide bonds. The molecule has 6 nitrogen and oxygen atoms in total. The largest absolute Gasteiger partial charge is 0.497 e. The number of ether oxygens (including phenoxy) is 2. The third-order valence-corrected chi connectivity index (χ3v) is 5.38. The highest BCUT2D eigenvalue weighted by molar-refractivity contribution is 6.07. The molecule has 0 saturated heterocycles. The van der Waals surface area contributed by atoms with E-state index in [9.17, 15) is 9.59 Å². The van der Waals surface area contributed by atoms with Crippen LogP contribution in [-0.2, 0) is 16.0 Å². The number of benzene rings is 2. The maximum atomic E-state index is 13.0. The van der Waals surface area contributed by atoms with Crippen molar-refractivity contribution in [2.45, 2.75) is 12.8 Å². The predicted molar refractivity (Wildman–Crippen MR) is 124 cm³/mol. The third-order valence-electron chi connectivity index (χ3n) is 5.38. The molecule has 162 valence electrons. The average Bonchev–Trinajstić information content (AvgIpc) is 3.22. The molecule has 3 aromatic rings. The van der Waals surface area contributed by atoms with Gasteiger partial charge in [-0.1, -0.05) is 36.4 Å². The summed E-state index contributed by atoms with van der Waals surface area (Å²) in [5, 5.41) is 3.34. The topological polar surface area (TPSA) is 77.5 Å². The van der Waals surface area contributed by atoms with Crippen LogP contribution in [0, 0.1) is 0 Å². The number of para-hydroxylation sites is 1. The normalized spacial score (nSPS) is 13.6. The zero-order chi connectivity index (χ0) is 22.5. The zero-order valence-electron chi connectivity index (χ0n) is 17.9. The number of nitrogens with zero attached hydrogens (tertiary/aromatic N) is 1. The van der Waals surface area contributed by atoms with Crippen LogP contribution < -0.4 is 10.1 Å². The van der Waals surface area contributed by atoms with Gasteiger partial charge in [0.2, 0.25) is 0 Å². The first kappa shape index (κ1) is 21.3. The van der Waals surface area contributed by atoms with Gasteiger partial charge in [0, 0.05) is 11.9 Å². The van der Waals surface area contributed by atoms with E-state index in [2.05, 4.69) is 18.0 Å². The molecule has 1 aromatic heterocycles. The molecule has 0 radical (unpaired) electrons. The molecule has 0 saturated carbocycles. The minimum absolute atomic E-state index is 0.323. The van der Waals surface area contributed by atoms with Crippen LogP contribution in [0.25, 0.3) is 22.6 Å². The Labute approximate surface area is 186 Å². The maximum absolute atomic E-state index is 13.0. The number of carbonyl (C=O) groups is 2. The van der Waals surface area contributed by atoms with E-state index in [1.807, 2.05) is 48.5 Å². The van der Waals surface area contributed by atoms with Crippen molar-refractivity contribution in [2.75, 3.05) is 20.3 Å². The Bertz CT molecular complexity index is 1210. The number of rotatable bonds is 7. The lowest BCUT2D eigenvalue weighted by atomic mass is 10.0. The van der Waals surface area contributed by atoms with E-state index in [-0.39, 0.29) is 12.5 Å². The molecule has 0 fully saturated rings. The molecule has 0 aliphatic heterocycles. The van der Waals surface area contributed by atoms with Gasteiger partial charge in [-0.2, -0.15) is 0 Å². The van der Waals surface area contributed by atoms with Gasteiger partial charge >= 0.3 is 5.97 Å². The van der Waals surface area contributed by atoms with Crippen molar-refractivity contribution >= 4 is 34.4 Å². The summed E-state index contributed by atoms with van der Waals surface area (Å²) in [6.45, 7) is 3.54. The Hall–Kier alpha value is -3.93. The number of hydrogen-bond acceptors (Lipinski definition) is 5. The number of methoxy groups -OCH3 is 1. The van der Waals surface area contributed by atoms with Crippen LogP contribution in [0.3, 0.4) is 0 Å². The van der Waals surface area contributed by atoms with Crippen LogP contribution in [0.15, 0.2) is 61.2 Å². The monoisotopic (exact) mass is 428 g/mol. The zero-order valence-corrected chi connectivity index (χ0v) is 17.9. The third kappa shape index (κ3) is 4.39. The van der Waals surface area contributed by atoms with Gasteiger partial charge in [-0.25, -0.2) is 9.78 Å². The van der Waals surface area contributed by atoms with Crippen molar-refractivity contribution in [1.29, 1.82) is 0 Å². The fourth-order valence-electron chi connectivity index (χ4n) is 3.85. The van der Waals surface area contributed by atoms with Crippen LogP contribution in [0.2, 0.25) is 0 Å². The summed E-state index contributed by atoms with van der Waals surface area (Å²) < 4.78 is 10.6. The molecular weight excluding hydrogens is 404 g/mol. The van der Waals surface area contributed by atoms with Crippen LogP contribution in [0.5, 0.6) is 5.75 Å². The maximum Gasteiger partial charge on any atom is 0.339 e. The lowest BCUT2D eigenvalue weighted by Gasteiger charge is -2.12. The Balaban J connectivity index is 1.69. The molecule has 0 bridgehead atoms. The lowest BCUT2D eigenvalue weighted by molar-refractivity contribution is -0.124. The van der Waals surface area contributed by atoms with Gasteiger partial charge in [0.15, 0.2) is 6.61 Å². The first-order valence-electron chi connectivity index (χ1n) is 10.4. The number of aromatic nitrogens is 1. The summed E-state index contributed by atoms with van der Waals surface area (Å²) in [4.78, 5) is 29.8. The SMILES string of the molecule is C=CCNC(=O)COC(=O)c1c2c(nc3ccccc13)C(=Cc1ccc(OC)cc1)CC2. The number of hydrogen-bond donors (Lipinski definition) is 1. The van der Waals surface area contributed by atoms with Crippen molar-refractivity contribution in [2.24, 2.45) is 0 Å². The van der Waals surface area contributed by atoms with E-state index in [0.29, 0.717) is 18.5 Å². The minimum Gasteiger partial charge on any atom is -0.497 e. The van der Waals surface area contributed by atoms with Crippen molar-refractivity contribution in [1.82, 2.24) is 10.3 Å². The number of pyridine rings is 1. The number of fused-ring (bicyclic) bond motifs is 2. The molecule has 1 heterocycles.